The van der Waals surface area contributed by atoms with E-state index in [0.717, 1.165) is 26.4 Å². The summed E-state index contributed by atoms with van der Waals surface area (Å²) in [7, 11) is -2.79. The van der Waals surface area contributed by atoms with Gasteiger partial charge >= 0.3 is 16.3 Å². The second kappa shape index (κ2) is 5.70. The van der Waals surface area contributed by atoms with E-state index < -0.39 is 16.3 Å². The van der Waals surface area contributed by atoms with Crippen LogP contribution in [0.5, 0.6) is 0 Å². The highest BCUT2D eigenvalue weighted by atomic mass is 35.5. The Balaban J connectivity index is 2.54. The van der Waals surface area contributed by atoms with Gasteiger partial charge in [0.05, 0.1) is 12.5 Å². The number of methoxy groups -OCH3 is 1. The van der Waals surface area contributed by atoms with E-state index in [-0.39, 0.29) is 11.4 Å². The highest BCUT2D eigenvalue weighted by Gasteiger charge is 2.28. The number of hydrogen-bond donors (Lipinski definition) is 2. The predicted molar refractivity (Wildman–Crippen MR) is 59.5 cm³/mol. The minimum absolute atomic E-state index is 0.233. The van der Waals surface area contributed by atoms with Gasteiger partial charge in [0.1, 0.15) is 0 Å². The van der Waals surface area contributed by atoms with Crippen LogP contribution in [0.25, 0.3) is 0 Å². The number of halogens is 1. The molecule has 1 saturated carbocycles. The lowest BCUT2D eigenvalue weighted by atomic mass is 9.96. The maximum Gasteiger partial charge on any atom is 0.421 e. The largest absolute Gasteiger partial charge is 0.452 e. The van der Waals surface area contributed by atoms with Gasteiger partial charge in [0.2, 0.25) is 0 Å². The summed E-state index contributed by atoms with van der Waals surface area (Å²) in [5.41, 5.74) is 0. The van der Waals surface area contributed by atoms with Crippen LogP contribution >= 0.6 is 11.6 Å². The van der Waals surface area contributed by atoms with Gasteiger partial charge in [-0.2, -0.15) is 13.1 Å². The van der Waals surface area contributed by atoms with Gasteiger partial charge in [-0.25, -0.2) is 9.52 Å². The first-order chi connectivity index (χ1) is 7.44. The van der Waals surface area contributed by atoms with Crippen LogP contribution in [0, 0.1) is 0 Å². The molecular weight excluding hydrogens is 256 g/mol. The maximum atomic E-state index is 11.4. The first-order valence-electron chi connectivity index (χ1n) is 4.96. The number of nitrogens with one attached hydrogen (secondary N) is 2. The molecular formula is C8H15ClN2O4S. The topological polar surface area (TPSA) is 84.5 Å². The van der Waals surface area contributed by atoms with Crippen molar-refractivity contribution in [1.82, 2.24) is 9.44 Å². The van der Waals surface area contributed by atoms with Crippen molar-refractivity contribution in [3.8, 4) is 0 Å². The molecule has 8 heteroatoms. The van der Waals surface area contributed by atoms with Crippen molar-refractivity contribution in [3.05, 3.63) is 0 Å². The van der Waals surface area contributed by atoms with Crippen molar-refractivity contribution in [2.24, 2.45) is 0 Å². The minimum atomic E-state index is -3.88. The second-order valence-electron chi connectivity index (χ2n) is 3.62. The molecule has 6 nitrogen and oxygen atoms in total. The van der Waals surface area contributed by atoms with Gasteiger partial charge in [0.25, 0.3) is 0 Å². The van der Waals surface area contributed by atoms with E-state index in [4.69, 9.17) is 11.6 Å². The van der Waals surface area contributed by atoms with E-state index in [0.29, 0.717) is 6.42 Å². The van der Waals surface area contributed by atoms with Crippen LogP contribution in [0.15, 0.2) is 0 Å². The Hall–Kier alpha value is -0.530. The highest BCUT2D eigenvalue weighted by molar-refractivity contribution is 7.88. The molecule has 0 aromatic carbocycles. The first kappa shape index (κ1) is 13.5. The van der Waals surface area contributed by atoms with Crippen LogP contribution in [0.1, 0.15) is 25.7 Å². The summed E-state index contributed by atoms with van der Waals surface area (Å²) in [6.07, 6.45) is 2.35. The lowest BCUT2D eigenvalue weighted by Gasteiger charge is -2.27. The van der Waals surface area contributed by atoms with Gasteiger partial charge < -0.3 is 4.74 Å². The van der Waals surface area contributed by atoms with E-state index in [1.165, 1.54) is 0 Å². The number of ether oxygens (including phenoxy) is 1. The fraction of sp³-hybridized carbons (Fsp3) is 0.875. The van der Waals surface area contributed by atoms with Crippen molar-refractivity contribution < 1.29 is 17.9 Å². The molecule has 0 saturated heterocycles. The fourth-order valence-electron chi connectivity index (χ4n) is 1.60. The van der Waals surface area contributed by atoms with E-state index in [9.17, 15) is 13.2 Å². The standard InChI is InChI=1S/C8H15ClN2O4S/c1-15-8(12)11-16(13,14)10-7-5-3-2-4-6(7)9/h6-7,10H,2-5H2,1H3,(H,11,12). The molecule has 2 unspecified atom stereocenters. The zero-order chi connectivity index (χ0) is 12.2. The summed E-state index contributed by atoms with van der Waals surface area (Å²) < 4.78 is 31.1. The predicted octanol–water partition coefficient (Wildman–Crippen LogP) is 0.727. The van der Waals surface area contributed by atoms with Crippen molar-refractivity contribution >= 4 is 27.9 Å². The van der Waals surface area contributed by atoms with Gasteiger partial charge in [-0.1, -0.05) is 12.8 Å². The van der Waals surface area contributed by atoms with E-state index >= 15 is 0 Å². The van der Waals surface area contributed by atoms with Crippen LogP contribution in [-0.2, 0) is 14.9 Å². The zero-order valence-electron chi connectivity index (χ0n) is 8.90. The third kappa shape index (κ3) is 4.15. The molecule has 0 aromatic heterocycles. The molecule has 0 radical (unpaired) electrons. The van der Waals surface area contributed by atoms with E-state index in [1.807, 2.05) is 0 Å². The molecule has 0 aromatic rings. The van der Waals surface area contributed by atoms with Gasteiger partial charge in [-0.3, -0.25) is 0 Å². The minimum Gasteiger partial charge on any atom is -0.452 e. The molecule has 0 heterocycles. The van der Waals surface area contributed by atoms with Crippen molar-refractivity contribution in [3.63, 3.8) is 0 Å². The third-order valence-corrected chi connectivity index (χ3v) is 3.96. The molecule has 16 heavy (non-hydrogen) atoms. The molecule has 2 N–H and O–H groups in total. The van der Waals surface area contributed by atoms with Crippen LogP contribution < -0.4 is 9.44 Å². The Morgan fingerprint density at radius 2 is 2.00 bits per heavy atom. The summed E-state index contributed by atoms with van der Waals surface area (Å²) in [6, 6.07) is -0.336. The normalized spacial score (nSPS) is 26.1. The van der Waals surface area contributed by atoms with E-state index in [1.54, 1.807) is 4.72 Å². The summed E-state index contributed by atoms with van der Waals surface area (Å²) in [4.78, 5) is 10.8. The van der Waals surface area contributed by atoms with Gasteiger partial charge in [-0.15, -0.1) is 11.6 Å². The van der Waals surface area contributed by atoms with Gasteiger partial charge in [0.15, 0.2) is 0 Å². The van der Waals surface area contributed by atoms with Crippen LogP contribution in [0.2, 0.25) is 0 Å². The molecule has 1 aliphatic carbocycles. The number of amides is 1. The molecule has 0 aliphatic heterocycles. The summed E-state index contributed by atoms with van der Waals surface area (Å²) in [5.74, 6) is 0. The molecule has 1 fully saturated rings. The molecule has 1 aliphatic rings. The average Bonchev–Trinajstić information content (AvgIpc) is 2.20. The van der Waals surface area contributed by atoms with E-state index in [2.05, 4.69) is 9.46 Å². The Morgan fingerprint density at radius 1 is 1.38 bits per heavy atom. The quantitative estimate of drug-likeness (QED) is 0.741. The summed E-state index contributed by atoms with van der Waals surface area (Å²) >= 11 is 5.99. The number of carbonyl (C=O) groups excluding carboxylic acids is 1. The Morgan fingerprint density at radius 3 is 2.56 bits per heavy atom. The number of alkyl halides is 1. The Bertz CT molecular complexity index is 346. The average molecular weight is 271 g/mol. The third-order valence-electron chi connectivity index (χ3n) is 2.39. The monoisotopic (exact) mass is 270 g/mol. The number of rotatable bonds is 3. The van der Waals surface area contributed by atoms with Crippen LogP contribution in [0.4, 0.5) is 4.79 Å². The number of hydrogen-bond acceptors (Lipinski definition) is 4. The molecule has 0 bridgehead atoms. The fourth-order valence-corrected chi connectivity index (χ4v) is 3.06. The van der Waals surface area contributed by atoms with Crippen LogP contribution in [0.3, 0.4) is 0 Å². The van der Waals surface area contributed by atoms with Crippen molar-refractivity contribution in [2.75, 3.05) is 7.11 Å². The van der Waals surface area contributed by atoms with Crippen molar-refractivity contribution in [2.45, 2.75) is 37.1 Å². The molecule has 1 amide bonds. The Kier molecular flexibility index (Phi) is 4.82. The zero-order valence-corrected chi connectivity index (χ0v) is 10.5. The molecule has 94 valence electrons. The molecule has 0 spiro atoms. The summed E-state index contributed by atoms with van der Waals surface area (Å²) in [6.45, 7) is 0. The lowest BCUT2D eigenvalue weighted by Crippen LogP contribution is -2.49. The van der Waals surface area contributed by atoms with Crippen LogP contribution in [-0.4, -0.2) is 33.0 Å². The van der Waals surface area contributed by atoms with Crippen molar-refractivity contribution in [1.29, 1.82) is 0 Å². The SMILES string of the molecule is COC(=O)NS(=O)(=O)NC1CCCCC1Cl. The second-order valence-corrected chi connectivity index (χ2v) is 5.63. The lowest BCUT2D eigenvalue weighted by molar-refractivity contribution is 0.177. The van der Waals surface area contributed by atoms with Gasteiger partial charge in [-0.05, 0) is 12.8 Å². The number of carbonyl (C=O) groups is 1. The Labute approximate surface area is 99.9 Å². The smallest absolute Gasteiger partial charge is 0.421 e. The summed E-state index contributed by atoms with van der Waals surface area (Å²) in [5, 5.41) is -0.233. The molecule has 1 rings (SSSR count). The first-order valence-corrected chi connectivity index (χ1v) is 6.88. The molecule has 2 atom stereocenters. The highest BCUT2D eigenvalue weighted by Crippen LogP contribution is 2.23. The maximum absolute atomic E-state index is 11.4. The van der Waals surface area contributed by atoms with Gasteiger partial charge in [0, 0.05) is 6.04 Å².